The monoisotopic (exact) mass is 192 g/mol. The molecule has 0 aromatic carbocycles. The largest absolute Gasteiger partial charge is 0.384 e. The van der Waals surface area contributed by atoms with Crippen molar-refractivity contribution in [2.45, 2.75) is 6.92 Å². The minimum atomic E-state index is 0.484. The Labute approximate surface area is 79.5 Å². The smallest absolute Gasteiger partial charge is 0.190 e. The van der Waals surface area contributed by atoms with Crippen LogP contribution in [0.2, 0.25) is 0 Å². The summed E-state index contributed by atoms with van der Waals surface area (Å²) in [5.74, 6) is 1.09. The van der Waals surface area contributed by atoms with Gasteiger partial charge in [0.15, 0.2) is 10.8 Å². The maximum absolute atomic E-state index is 5.59. The molecule has 0 fully saturated rings. The molecule has 0 radical (unpaired) electrons. The van der Waals surface area contributed by atoms with Gasteiger partial charge < -0.3 is 5.73 Å². The minimum Gasteiger partial charge on any atom is -0.384 e. The van der Waals surface area contributed by atoms with Crippen molar-refractivity contribution in [1.29, 1.82) is 0 Å². The molecule has 2 rings (SSSR count). The summed E-state index contributed by atoms with van der Waals surface area (Å²) in [7, 11) is 0. The van der Waals surface area contributed by atoms with Gasteiger partial charge in [-0.25, -0.2) is 15.0 Å². The predicted molar refractivity (Wildman–Crippen MR) is 52.3 cm³/mol. The van der Waals surface area contributed by atoms with Crippen molar-refractivity contribution in [3.63, 3.8) is 0 Å². The van der Waals surface area contributed by atoms with Crippen LogP contribution in [0.4, 0.5) is 5.82 Å². The van der Waals surface area contributed by atoms with Gasteiger partial charge >= 0.3 is 0 Å². The molecule has 0 aliphatic rings. The van der Waals surface area contributed by atoms with Crippen molar-refractivity contribution in [3.8, 4) is 10.8 Å². The Morgan fingerprint density at radius 1 is 1.38 bits per heavy atom. The Balaban J connectivity index is 2.53. The molecule has 66 valence electrons. The highest BCUT2D eigenvalue weighted by Crippen LogP contribution is 2.18. The Kier molecular flexibility index (Phi) is 1.94. The van der Waals surface area contributed by atoms with E-state index in [9.17, 15) is 0 Å². The molecule has 2 heterocycles. The topological polar surface area (TPSA) is 64.7 Å². The number of hydrogen-bond acceptors (Lipinski definition) is 5. The van der Waals surface area contributed by atoms with Crippen molar-refractivity contribution in [2.75, 3.05) is 5.73 Å². The summed E-state index contributed by atoms with van der Waals surface area (Å²) in [5, 5.41) is 2.69. The molecule has 0 amide bonds. The summed E-state index contributed by atoms with van der Waals surface area (Å²) in [6.07, 6.45) is 1.72. The highest BCUT2D eigenvalue weighted by atomic mass is 32.1. The lowest BCUT2D eigenvalue weighted by molar-refractivity contribution is 1.11. The maximum atomic E-state index is 5.59. The fraction of sp³-hybridized carbons (Fsp3) is 0.125. The van der Waals surface area contributed by atoms with Gasteiger partial charge in [0.05, 0.1) is 0 Å². The Hall–Kier alpha value is -1.49. The quantitative estimate of drug-likeness (QED) is 0.743. The lowest BCUT2D eigenvalue weighted by Crippen LogP contribution is -1.96. The predicted octanol–water partition coefficient (Wildman–Crippen LogP) is 1.49. The number of hydrogen-bond donors (Lipinski definition) is 1. The van der Waals surface area contributed by atoms with Crippen molar-refractivity contribution in [3.05, 3.63) is 23.3 Å². The molecule has 0 bridgehead atoms. The van der Waals surface area contributed by atoms with Crippen molar-refractivity contribution < 1.29 is 0 Å². The van der Waals surface area contributed by atoms with Gasteiger partial charge in [0, 0.05) is 23.3 Å². The van der Waals surface area contributed by atoms with E-state index in [0.717, 1.165) is 10.7 Å². The standard InChI is InChI=1S/C8H8N4S/c1-5-4-6(9)12-7(11-5)8-10-2-3-13-8/h2-4H,1H3,(H2,9,11,12). The number of aromatic nitrogens is 3. The van der Waals surface area contributed by atoms with E-state index in [-0.39, 0.29) is 0 Å². The number of rotatable bonds is 1. The van der Waals surface area contributed by atoms with Crippen LogP contribution in [0.25, 0.3) is 10.8 Å². The second-order valence-electron chi connectivity index (χ2n) is 2.60. The third kappa shape index (κ3) is 1.65. The van der Waals surface area contributed by atoms with Gasteiger partial charge in [-0.2, -0.15) is 0 Å². The zero-order valence-corrected chi connectivity index (χ0v) is 7.88. The summed E-state index contributed by atoms with van der Waals surface area (Å²) in [4.78, 5) is 12.4. The number of nitrogens with two attached hydrogens (primary N) is 1. The lowest BCUT2D eigenvalue weighted by Gasteiger charge is -1.98. The summed E-state index contributed by atoms with van der Waals surface area (Å²) in [6.45, 7) is 1.88. The van der Waals surface area contributed by atoms with Crippen molar-refractivity contribution in [2.24, 2.45) is 0 Å². The van der Waals surface area contributed by atoms with Crippen LogP contribution in [0.5, 0.6) is 0 Å². The van der Waals surface area contributed by atoms with Crippen LogP contribution in [0.3, 0.4) is 0 Å². The minimum absolute atomic E-state index is 0.484. The molecule has 0 spiro atoms. The molecular weight excluding hydrogens is 184 g/mol. The summed E-state index contributed by atoms with van der Waals surface area (Å²) < 4.78 is 0. The average Bonchev–Trinajstić information content (AvgIpc) is 2.53. The average molecular weight is 192 g/mol. The molecule has 0 saturated heterocycles. The Morgan fingerprint density at radius 3 is 2.85 bits per heavy atom. The maximum Gasteiger partial charge on any atom is 0.190 e. The molecule has 2 N–H and O–H groups in total. The Morgan fingerprint density at radius 2 is 2.23 bits per heavy atom. The van der Waals surface area contributed by atoms with E-state index < -0.39 is 0 Å². The van der Waals surface area contributed by atoms with E-state index >= 15 is 0 Å². The third-order valence-electron chi connectivity index (χ3n) is 1.50. The molecule has 0 atom stereocenters. The molecule has 2 aromatic heterocycles. The second kappa shape index (κ2) is 3.10. The van der Waals surface area contributed by atoms with E-state index in [1.165, 1.54) is 11.3 Å². The number of anilines is 1. The number of nitrogen functional groups attached to an aromatic ring is 1. The van der Waals surface area contributed by atoms with Crippen LogP contribution in [-0.2, 0) is 0 Å². The molecule has 0 saturated carbocycles. The van der Waals surface area contributed by atoms with Gasteiger partial charge in [-0.3, -0.25) is 0 Å². The molecule has 0 aliphatic carbocycles. The first kappa shape index (κ1) is 8.12. The third-order valence-corrected chi connectivity index (χ3v) is 2.27. The SMILES string of the molecule is Cc1cc(N)nc(-c2nccs2)n1. The fourth-order valence-corrected chi connectivity index (χ4v) is 1.59. The van der Waals surface area contributed by atoms with Crippen molar-refractivity contribution in [1.82, 2.24) is 15.0 Å². The van der Waals surface area contributed by atoms with Gasteiger partial charge in [0.1, 0.15) is 5.82 Å². The molecule has 4 nitrogen and oxygen atoms in total. The first-order valence-corrected chi connectivity index (χ1v) is 4.65. The molecule has 0 unspecified atom stereocenters. The fourth-order valence-electron chi connectivity index (χ4n) is 1.02. The van der Waals surface area contributed by atoms with Gasteiger partial charge in [0.25, 0.3) is 0 Å². The lowest BCUT2D eigenvalue weighted by atomic mass is 10.4. The van der Waals surface area contributed by atoms with E-state index in [1.807, 2.05) is 12.3 Å². The Bertz CT molecular complexity index is 390. The normalized spacial score (nSPS) is 10.2. The van der Waals surface area contributed by atoms with Gasteiger partial charge in [-0.15, -0.1) is 11.3 Å². The van der Waals surface area contributed by atoms with Crippen LogP contribution in [-0.4, -0.2) is 15.0 Å². The first-order chi connectivity index (χ1) is 6.25. The van der Waals surface area contributed by atoms with Crippen LogP contribution < -0.4 is 5.73 Å². The molecule has 5 heteroatoms. The van der Waals surface area contributed by atoms with Gasteiger partial charge in [-0.1, -0.05) is 0 Å². The molecule has 13 heavy (non-hydrogen) atoms. The van der Waals surface area contributed by atoms with E-state index in [1.54, 1.807) is 12.3 Å². The second-order valence-corrected chi connectivity index (χ2v) is 3.49. The molecule has 0 aliphatic heterocycles. The van der Waals surface area contributed by atoms with E-state index in [2.05, 4.69) is 15.0 Å². The van der Waals surface area contributed by atoms with Crippen LogP contribution in [0.15, 0.2) is 17.6 Å². The van der Waals surface area contributed by atoms with E-state index in [4.69, 9.17) is 5.73 Å². The number of aryl methyl sites for hydroxylation is 1. The first-order valence-electron chi connectivity index (χ1n) is 3.77. The van der Waals surface area contributed by atoms with Crippen LogP contribution >= 0.6 is 11.3 Å². The van der Waals surface area contributed by atoms with Crippen molar-refractivity contribution >= 4 is 17.2 Å². The summed E-state index contributed by atoms with van der Waals surface area (Å²) in [6, 6.07) is 1.73. The van der Waals surface area contributed by atoms with Gasteiger partial charge in [-0.05, 0) is 6.92 Å². The number of thiazole rings is 1. The zero-order chi connectivity index (χ0) is 9.26. The zero-order valence-electron chi connectivity index (χ0n) is 7.06. The molecule has 2 aromatic rings. The van der Waals surface area contributed by atoms with E-state index in [0.29, 0.717) is 11.6 Å². The molecular formula is C8H8N4S. The number of nitrogens with zero attached hydrogens (tertiary/aromatic N) is 3. The summed E-state index contributed by atoms with van der Waals surface area (Å²) >= 11 is 1.50. The van der Waals surface area contributed by atoms with Gasteiger partial charge in [0.2, 0.25) is 0 Å². The highest BCUT2D eigenvalue weighted by Gasteiger charge is 2.04. The van der Waals surface area contributed by atoms with Crippen LogP contribution in [0, 0.1) is 6.92 Å². The van der Waals surface area contributed by atoms with Crippen LogP contribution in [0.1, 0.15) is 5.69 Å². The summed E-state index contributed by atoms with van der Waals surface area (Å²) in [5.41, 5.74) is 6.45. The highest BCUT2D eigenvalue weighted by molar-refractivity contribution is 7.12.